The van der Waals surface area contributed by atoms with Gasteiger partial charge in [0.15, 0.2) is 0 Å². The zero-order valence-corrected chi connectivity index (χ0v) is 15.8. The van der Waals surface area contributed by atoms with Crippen LogP contribution in [0.5, 0.6) is 0 Å². The van der Waals surface area contributed by atoms with Crippen molar-refractivity contribution in [2.24, 2.45) is 5.92 Å². The van der Waals surface area contributed by atoms with Gasteiger partial charge in [-0.1, -0.05) is 23.7 Å². The van der Waals surface area contributed by atoms with Gasteiger partial charge in [-0.2, -0.15) is 0 Å². The van der Waals surface area contributed by atoms with Crippen LogP contribution in [0.25, 0.3) is 0 Å². The lowest BCUT2D eigenvalue weighted by molar-refractivity contribution is -0.138. The van der Waals surface area contributed by atoms with Crippen LogP contribution in [0.2, 0.25) is 5.02 Å². The number of hydrogen-bond acceptors (Lipinski definition) is 6. The largest absolute Gasteiger partial charge is 0.480 e. The number of ether oxygens (including phenoxy) is 1. The minimum Gasteiger partial charge on any atom is -0.480 e. The molecule has 0 aromatic heterocycles. The predicted molar refractivity (Wildman–Crippen MR) is 100 cm³/mol. The quantitative estimate of drug-likeness (QED) is 0.644. The number of hydrazine groups is 1. The average Bonchev–Trinajstić information content (AvgIpc) is 3.02. The summed E-state index contributed by atoms with van der Waals surface area (Å²) in [5, 5.41) is 9.65. The highest BCUT2D eigenvalue weighted by Gasteiger charge is 2.32. The maximum absolute atomic E-state index is 10.8. The Kier molecular flexibility index (Phi) is 6.86. The van der Waals surface area contributed by atoms with Gasteiger partial charge >= 0.3 is 5.97 Å². The summed E-state index contributed by atoms with van der Waals surface area (Å²) in [5.41, 5.74) is 7.83. The van der Waals surface area contributed by atoms with E-state index in [4.69, 9.17) is 21.4 Å². The Morgan fingerprint density at radius 2 is 2.35 bits per heavy atom. The summed E-state index contributed by atoms with van der Waals surface area (Å²) >= 11 is 6.14. The number of carboxylic acids is 1. The van der Waals surface area contributed by atoms with Gasteiger partial charge in [-0.05, 0) is 24.7 Å². The van der Waals surface area contributed by atoms with Crippen molar-refractivity contribution in [2.45, 2.75) is 12.1 Å². The average molecular weight is 383 g/mol. The van der Waals surface area contributed by atoms with Crippen molar-refractivity contribution >= 4 is 17.6 Å². The molecule has 0 saturated carbocycles. The molecule has 1 aromatic rings. The molecule has 7 nitrogen and oxygen atoms in total. The van der Waals surface area contributed by atoms with E-state index in [1.165, 1.54) is 5.56 Å². The lowest BCUT2D eigenvalue weighted by atomic mass is 9.94. The second-order valence-electron chi connectivity index (χ2n) is 7.16. The maximum atomic E-state index is 10.8. The molecule has 0 radical (unpaired) electrons. The van der Waals surface area contributed by atoms with Crippen LogP contribution < -0.4 is 10.9 Å². The van der Waals surface area contributed by atoms with Crippen LogP contribution in [0.1, 0.15) is 11.6 Å². The van der Waals surface area contributed by atoms with Crippen molar-refractivity contribution in [3.8, 4) is 0 Å². The van der Waals surface area contributed by atoms with Gasteiger partial charge in [-0.25, -0.2) is 5.43 Å². The second kappa shape index (κ2) is 9.12. The fraction of sp³-hybridized carbons (Fsp3) is 0.611. The molecule has 2 saturated heterocycles. The first-order chi connectivity index (χ1) is 12.5. The molecule has 0 spiro atoms. The Balaban J connectivity index is 1.55. The molecule has 0 amide bonds. The highest BCUT2D eigenvalue weighted by molar-refractivity contribution is 6.30. The molecular formula is C18H27ClN4O3. The third-order valence-corrected chi connectivity index (χ3v) is 5.17. The molecule has 144 valence electrons. The smallest absolute Gasteiger partial charge is 0.317 e. The van der Waals surface area contributed by atoms with Crippen LogP contribution in [-0.4, -0.2) is 79.9 Å². The van der Waals surface area contributed by atoms with E-state index >= 15 is 0 Å². The standard InChI is InChI=1S/C18H27ClN4O3/c1-22(12-17(24)25)10-16-11-23(5-6-26-16)9-14-8-20-21-18(14)13-3-2-4-15(19)7-13/h2-4,7,14,16,18,20-21H,5-6,8-12H2,1H3,(H,24,25). The topological polar surface area (TPSA) is 77.1 Å². The highest BCUT2D eigenvalue weighted by atomic mass is 35.5. The fourth-order valence-corrected chi connectivity index (χ4v) is 3.99. The lowest BCUT2D eigenvalue weighted by Crippen LogP contribution is -2.49. The zero-order chi connectivity index (χ0) is 18.5. The molecule has 3 atom stereocenters. The number of likely N-dealkylation sites (N-methyl/N-ethyl adjacent to an activating group) is 1. The Morgan fingerprint density at radius 1 is 1.50 bits per heavy atom. The van der Waals surface area contributed by atoms with E-state index in [1.54, 1.807) is 4.90 Å². The SMILES string of the molecule is CN(CC(=O)O)CC1CN(CC2CNNC2c2cccc(Cl)c2)CCO1. The minimum atomic E-state index is -0.812. The van der Waals surface area contributed by atoms with E-state index in [9.17, 15) is 4.79 Å². The van der Waals surface area contributed by atoms with Crippen LogP contribution in [-0.2, 0) is 9.53 Å². The first kappa shape index (κ1) is 19.5. The number of carbonyl (C=O) groups is 1. The molecule has 2 fully saturated rings. The number of benzene rings is 1. The van der Waals surface area contributed by atoms with Crippen molar-refractivity contribution in [3.05, 3.63) is 34.9 Å². The number of hydrogen-bond donors (Lipinski definition) is 3. The molecule has 2 heterocycles. The summed E-state index contributed by atoms with van der Waals surface area (Å²) in [7, 11) is 1.82. The second-order valence-corrected chi connectivity index (χ2v) is 7.60. The van der Waals surface area contributed by atoms with Gasteiger partial charge in [0.2, 0.25) is 0 Å². The highest BCUT2D eigenvalue weighted by Crippen LogP contribution is 2.27. The van der Waals surface area contributed by atoms with Crippen LogP contribution in [0.3, 0.4) is 0 Å². The van der Waals surface area contributed by atoms with Gasteiger partial charge in [0.05, 0.1) is 25.3 Å². The maximum Gasteiger partial charge on any atom is 0.317 e. The van der Waals surface area contributed by atoms with Gasteiger partial charge in [-0.15, -0.1) is 0 Å². The van der Waals surface area contributed by atoms with Gasteiger partial charge in [0, 0.05) is 43.7 Å². The van der Waals surface area contributed by atoms with E-state index in [0.29, 0.717) is 19.1 Å². The number of morpholine rings is 1. The Hall–Kier alpha value is -1.22. The lowest BCUT2D eigenvalue weighted by Gasteiger charge is -2.36. The third kappa shape index (κ3) is 5.39. The summed E-state index contributed by atoms with van der Waals surface area (Å²) in [5.74, 6) is -0.378. The molecule has 2 aliphatic heterocycles. The predicted octanol–water partition coefficient (Wildman–Crippen LogP) is 0.822. The Labute approximate surface area is 159 Å². The Bertz CT molecular complexity index is 618. The number of halogens is 1. The van der Waals surface area contributed by atoms with Gasteiger partial charge in [-0.3, -0.25) is 20.0 Å². The molecule has 0 bridgehead atoms. The van der Waals surface area contributed by atoms with Crippen molar-refractivity contribution in [1.82, 2.24) is 20.7 Å². The van der Waals surface area contributed by atoms with Crippen molar-refractivity contribution < 1.29 is 14.6 Å². The van der Waals surface area contributed by atoms with E-state index in [0.717, 1.165) is 31.2 Å². The molecule has 3 rings (SSSR count). The Morgan fingerprint density at radius 3 is 3.12 bits per heavy atom. The van der Waals surface area contributed by atoms with Crippen molar-refractivity contribution in [3.63, 3.8) is 0 Å². The summed E-state index contributed by atoms with van der Waals surface area (Å²) in [6.45, 7) is 4.92. The van der Waals surface area contributed by atoms with Gasteiger partial charge in [0.1, 0.15) is 0 Å². The number of rotatable bonds is 7. The van der Waals surface area contributed by atoms with E-state index in [1.807, 2.05) is 25.2 Å². The summed E-state index contributed by atoms with van der Waals surface area (Å²) in [6.07, 6.45) is 0.0417. The molecule has 26 heavy (non-hydrogen) atoms. The van der Waals surface area contributed by atoms with Crippen LogP contribution >= 0.6 is 11.6 Å². The number of carboxylic acid groups (broad SMARTS) is 1. The molecule has 8 heteroatoms. The normalized spacial score (nSPS) is 27.1. The van der Waals surface area contributed by atoms with Gasteiger partial charge < -0.3 is 9.84 Å². The third-order valence-electron chi connectivity index (χ3n) is 4.94. The molecule has 2 aliphatic rings. The molecule has 3 N–H and O–H groups in total. The molecule has 1 aromatic carbocycles. The number of nitrogens with one attached hydrogen (secondary N) is 2. The van der Waals surface area contributed by atoms with Crippen molar-refractivity contribution in [2.75, 3.05) is 52.9 Å². The molecule has 3 unspecified atom stereocenters. The fourth-order valence-electron chi connectivity index (χ4n) is 3.79. The van der Waals surface area contributed by atoms with Crippen LogP contribution in [0.4, 0.5) is 0 Å². The van der Waals surface area contributed by atoms with Crippen molar-refractivity contribution in [1.29, 1.82) is 0 Å². The zero-order valence-electron chi connectivity index (χ0n) is 15.0. The van der Waals surface area contributed by atoms with Gasteiger partial charge in [0.25, 0.3) is 0 Å². The summed E-state index contributed by atoms with van der Waals surface area (Å²) < 4.78 is 5.83. The van der Waals surface area contributed by atoms with E-state index in [2.05, 4.69) is 21.8 Å². The monoisotopic (exact) mass is 382 g/mol. The molecular weight excluding hydrogens is 356 g/mol. The van der Waals surface area contributed by atoms with Crippen LogP contribution in [0, 0.1) is 5.92 Å². The summed E-state index contributed by atoms with van der Waals surface area (Å²) in [6, 6.07) is 8.22. The number of aliphatic carboxylic acids is 1. The first-order valence-corrected chi connectivity index (χ1v) is 9.37. The minimum absolute atomic E-state index is 0.0349. The first-order valence-electron chi connectivity index (χ1n) is 8.99. The van der Waals surface area contributed by atoms with Crippen LogP contribution in [0.15, 0.2) is 24.3 Å². The molecule has 0 aliphatic carbocycles. The summed E-state index contributed by atoms with van der Waals surface area (Å²) in [4.78, 5) is 15.0. The number of nitrogens with zero attached hydrogens (tertiary/aromatic N) is 2. The van der Waals surface area contributed by atoms with E-state index < -0.39 is 5.97 Å². The van der Waals surface area contributed by atoms with E-state index in [-0.39, 0.29) is 18.7 Å².